The molecular formula is C16H17N3OS. The summed E-state index contributed by atoms with van der Waals surface area (Å²) in [4.78, 5) is 17.5. The van der Waals surface area contributed by atoms with Crippen molar-refractivity contribution in [3.05, 3.63) is 52.0 Å². The number of pyridine rings is 1. The Morgan fingerprint density at radius 1 is 1.48 bits per heavy atom. The van der Waals surface area contributed by atoms with Crippen molar-refractivity contribution in [2.24, 2.45) is 5.73 Å². The summed E-state index contributed by atoms with van der Waals surface area (Å²) in [7, 11) is 0. The number of nitrogens with two attached hydrogens (primary N) is 1. The molecule has 0 aliphatic carbocycles. The van der Waals surface area contributed by atoms with E-state index in [1.807, 2.05) is 18.4 Å². The summed E-state index contributed by atoms with van der Waals surface area (Å²) < 4.78 is 0. The third-order valence-electron chi connectivity index (χ3n) is 2.80. The standard InChI is InChI=1S/C16H17N3OS/c1-12(10-14-5-3-9-21-14)19-16(20)15-7-6-13(11-18-15)4-2-8-17/h3,5-7,9,11-12H,8,10,17H2,1H3,(H,19,20). The molecule has 0 fully saturated rings. The Balaban J connectivity index is 1.93. The number of rotatable bonds is 4. The Hall–Kier alpha value is -2.16. The van der Waals surface area contributed by atoms with Gasteiger partial charge >= 0.3 is 0 Å². The number of hydrogen-bond acceptors (Lipinski definition) is 4. The first kappa shape index (κ1) is 15.2. The molecular weight excluding hydrogens is 282 g/mol. The summed E-state index contributed by atoms with van der Waals surface area (Å²) in [5.41, 5.74) is 6.46. The maximum atomic E-state index is 12.1. The van der Waals surface area contributed by atoms with Gasteiger partial charge in [-0.05, 0) is 30.5 Å². The minimum Gasteiger partial charge on any atom is -0.348 e. The van der Waals surface area contributed by atoms with Crippen molar-refractivity contribution >= 4 is 17.2 Å². The first-order chi connectivity index (χ1) is 10.2. The lowest BCUT2D eigenvalue weighted by molar-refractivity contribution is 0.0935. The lowest BCUT2D eigenvalue weighted by Crippen LogP contribution is -2.34. The van der Waals surface area contributed by atoms with Crippen LogP contribution in [0.2, 0.25) is 0 Å². The molecule has 1 amide bonds. The predicted molar refractivity (Wildman–Crippen MR) is 85.1 cm³/mol. The van der Waals surface area contributed by atoms with Crippen LogP contribution in [0.25, 0.3) is 0 Å². The smallest absolute Gasteiger partial charge is 0.270 e. The highest BCUT2D eigenvalue weighted by Gasteiger charge is 2.11. The van der Waals surface area contributed by atoms with E-state index < -0.39 is 0 Å². The third-order valence-corrected chi connectivity index (χ3v) is 3.69. The van der Waals surface area contributed by atoms with Crippen molar-refractivity contribution in [3.63, 3.8) is 0 Å². The van der Waals surface area contributed by atoms with Gasteiger partial charge in [0.25, 0.3) is 5.91 Å². The van der Waals surface area contributed by atoms with Crippen LogP contribution < -0.4 is 11.1 Å². The molecule has 3 N–H and O–H groups in total. The van der Waals surface area contributed by atoms with Crippen molar-refractivity contribution in [2.75, 3.05) is 6.54 Å². The summed E-state index contributed by atoms with van der Waals surface area (Å²) >= 11 is 1.69. The van der Waals surface area contributed by atoms with Crippen LogP contribution in [-0.2, 0) is 6.42 Å². The van der Waals surface area contributed by atoms with E-state index in [0.29, 0.717) is 12.2 Å². The van der Waals surface area contributed by atoms with Gasteiger partial charge < -0.3 is 11.1 Å². The minimum absolute atomic E-state index is 0.0645. The lowest BCUT2D eigenvalue weighted by Gasteiger charge is -2.12. The molecule has 0 bridgehead atoms. The van der Waals surface area contributed by atoms with Gasteiger partial charge in [0.05, 0.1) is 6.54 Å². The van der Waals surface area contributed by atoms with Gasteiger partial charge in [-0.2, -0.15) is 0 Å². The van der Waals surface area contributed by atoms with Crippen molar-refractivity contribution in [1.82, 2.24) is 10.3 Å². The van der Waals surface area contributed by atoms with Crippen molar-refractivity contribution in [2.45, 2.75) is 19.4 Å². The Labute approximate surface area is 128 Å². The van der Waals surface area contributed by atoms with E-state index in [4.69, 9.17) is 5.73 Å². The zero-order chi connectivity index (χ0) is 15.1. The number of hydrogen-bond donors (Lipinski definition) is 2. The normalized spacial score (nSPS) is 11.3. The maximum Gasteiger partial charge on any atom is 0.270 e. The fraction of sp³-hybridized carbons (Fsp3) is 0.250. The van der Waals surface area contributed by atoms with E-state index >= 15 is 0 Å². The summed E-state index contributed by atoms with van der Waals surface area (Å²) in [5.74, 6) is 5.45. The van der Waals surface area contributed by atoms with Gasteiger partial charge in [-0.25, -0.2) is 4.98 Å². The molecule has 5 heteroatoms. The van der Waals surface area contributed by atoms with Gasteiger partial charge in [-0.1, -0.05) is 17.9 Å². The van der Waals surface area contributed by atoms with Crippen LogP contribution in [0.3, 0.4) is 0 Å². The molecule has 2 aromatic heterocycles. The van der Waals surface area contributed by atoms with Crippen LogP contribution in [0.5, 0.6) is 0 Å². The van der Waals surface area contributed by atoms with Gasteiger partial charge in [-0.15, -0.1) is 11.3 Å². The quantitative estimate of drug-likeness (QED) is 0.846. The SMILES string of the molecule is CC(Cc1cccs1)NC(=O)c1ccc(C#CCN)cn1. The van der Waals surface area contributed by atoms with Crippen LogP contribution in [0.15, 0.2) is 35.8 Å². The Morgan fingerprint density at radius 2 is 2.33 bits per heavy atom. The Kier molecular flexibility index (Phi) is 5.50. The first-order valence-corrected chi connectivity index (χ1v) is 7.55. The van der Waals surface area contributed by atoms with E-state index in [1.54, 1.807) is 29.7 Å². The monoisotopic (exact) mass is 299 g/mol. The maximum absolute atomic E-state index is 12.1. The summed E-state index contributed by atoms with van der Waals surface area (Å²) in [6.45, 7) is 2.29. The fourth-order valence-corrected chi connectivity index (χ4v) is 2.67. The van der Waals surface area contributed by atoms with Gasteiger partial charge in [0.15, 0.2) is 0 Å². The number of nitrogens with one attached hydrogen (secondary N) is 1. The third kappa shape index (κ3) is 4.71. The molecule has 0 saturated heterocycles. The second kappa shape index (κ2) is 7.58. The minimum atomic E-state index is -0.169. The summed E-state index contributed by atoms with van der Waals surface area (Å²) in [6.07, 6.45) is 2.41. The van der Waals surface area contributed by atoms with Gasteiger partial charge in [0, 0.05) is 29.1 Å². The molecule has 0 aliphatic heterocycles. The highest BCUT2D eigenvalue weighted by molar-refractivity contribution is 7.09. The highest BCUT2D eigenvalue weighted by Crippen LogP contribution is 2.11. The first-order valence-electron chi connectivity index (χ1n) is 6.67. The van der Waals surface area contributed by atoms with Crippen LogP contribution in [0.1, 0.15) is 27.9 Å². The molecule has 0 radical (unpaired) electrons. The second-order valence-electron chi connectivity index (χ2n) is 4.60. The zero-order valence-corrected chi connectivity index (χ0v) is 12.6. The molecule has 1 unspecified atom stereocenters. The number of carbonyl (C=O) groups is 1. The molecule has 1 atom stereocenters. The zero-order valence-electron chi connectivity index (χ0n) is 11.8. The number of aromatic nitrogens is 1. The van der Waals surface area contributed by atoms with Gasteiger partial charge in [-0.3, -0.25) is 4.79 Å². The van der Waals surface area contributed by atoms with Gasteiger partial charge in [0.1, 0.15) is 5.69 Å². The van der Waals surface area contributed by atoms with Crippen LogP contribution in [-0.4, -0.2) is 23.5 Å². The average Bonchev–Trinajstić information content (AvgIpc) is 2.98. The molecule has 0 aliphatic rings. The molecule has 108 valence electrons. The Morgan fingerprint density at radius 3 is 2.95 bits per heavy atom. The second-order valence-corrected chi connectivity index (χ2v) is 5.63. The highest BCUT2D eigenvalue weighted by atomic mass is 32.1. The van der Waals surface area contributed by atoms with Crippen LogP contribution in [0, 0.1) is 11.8 Å². The number of amides is 1. The largest absolute Gasteiger partial charge is 0.348 e. The molecule has 2 rings (SSSR count). The van der Waals surface area contributed by atoms with Crippen LogP contribution in [0.4, 0.5) is 0 Å². The molecule has 0 saturated carbocycles. The molecule has 0 aromatic carbocycles. The number of thiophene rings is 1. The topological polar surface area (TPSA) is 68.0 Å². The summed E-state index contributed by atoms with van der Waals surface area (Å²) in [6, 6.07) is 7.59. The molecule has 4 nitrogen and oxygen atoms in total. The molecule has 0 spiro atoms. The van der Waals surface area contributed by atoms with Crippen molar-refractivity contribution in [3.8, 4) is 11.8 Å². The van der Waals surface area contributed by atoms with Crippen molar-refractivity contribution in [1.29, 1.82) is 0 Å². The predicted octanol–water partition coefficient (Wildman–Crippen LogP) is 1.81. The molecule has 2 heterocycles. The molecule has 21 heavy (non-hydrogen) atoms. The Bertz CT molecular complexity index is 638. The molecule has 2 aromatic rings. The van der Waals surface area contributed by atoms with E-state index in [1.165, 1.54) is 4.88 Å². The van der Waals surface area contributed by atoms with E-state index in [0.717, 1.165) is 12.0 Å². The number of carbonyl (C=O) groups excluding carboxylic acids is 1. The fourth-order valence-electron chi connectivity index (χ4n) is 1.83. The van der Waals surface area contributed by atoms with Crippen LogP contribution >= 0.6 is 11.3 Å². The van der Waals surface area contributed by atoms with E-state index in [-0.39, 0.29) is 11.9 Å². The lowest BCUT2D eigenvalue weighted by atomic mass is 10.2. The van der Waals surface area contributed by atoms with E-state index in [9.17, 15) is 4.79 Å². The van der Waals surface area contributed by atoms with Crippen molar-refractivity contribution < 1.29 is 4.79 Å². The number of nitrogens with zero attached hydrogens (tertiary/aromatic N) is 1. The summed E-state index contributed by atoms with van der Waals surface area (Å²) in [5, 5.41) is 4.98. The van der Waals surface area contributed by atoms with Gasteiger partial charge in [0.2, 0.25) is 0 Å². The van der Waals surface area contributed by atoms with E-state index in [2.05, 4.69) is 28.2 Å². The average molecular weight is 299 g/mol.